The fraction of sp³-hybridized carbons (Fsp3) is 0.576. The fourth-order valence-electron chi connectivity index (χ4n) is 6.95. The van der Waals surface area contributed by atoms with Crippen LogP contribution >= 0.6 is 0 Å². The molecule has 246 valence electrons. The van der Waals surface area contributed by atoms with Crippen LogP contribution in [-0.2, 0) is 37.9 Å². The topological polar surface area (TPSA) is 97.4 Å². The molecule has 12 heteroatoms. The molecule has 2 heterocycles. The van der Waals surface area contributed by atoms with Crippen LogP contribution in [-0.4, -0.2) is 61.0 Å². The summed E-state index contributed by atoms with van der Waals surface area (Å²) in [6.45, 7) is 11.2. The van der Waals surface area contributed by atoms with E-state index in [2.05, 4.69) is 34.8 Å². The lowest BCUT2D eigenvalue weighted by molar-refractivity contribution is -0.190. The van der Waals surface area contributed by atoms with E-state index in [-0.39, 0.29) is 30.5 Å². The molecule has 1 saturated heterocycles. The first-order chi connectivity index (χ1) is 21.2. The number of halogens is 2. The molecule has 0 radical (unpaired) electrons. The summed E-state index contributed by atoms with van der Waals surface area (Å²) in [4.78, 5) is 4.22. The number of benzene rings is 2. The summed E-state index contributed by atoms with van der Waals surface area (Å²) >= 11 is 0. The zero-order valence-corrected chi connectivity index (χ0v) is 28.8. The SMILES string of the molecule is C[C@H]1CC[C@H](c2ccccc2)S(=O)(=O)N1Cc1cc(F)c([C@]2(CCc3nc[nH]n3)C[C@](C)(OCOCC[Si](C)(C)C)C2)cc1F. The number of sulfonamides is 1. The number of rotatable bonds is 13. The average Bonchev–Trinajstić information content (AvgIpc) is 3.48. The maximum absolute atomic E-state index is 16.1. The monoisotopic (exact) mass is 660 g/mol. The standard InChI is InChI=1S/C33H46F2N4O4SSi/c1-24-11-12-30(25-9-7-6-8-10-25)44(40,41)39(24)19-26-17-29(35)27(18-28(26)34)33(14-13-31-36-22-37-38-31)20-32(2,21-33)43-23-42-15-16-45(3,4)5/h6-10,17-18,22,24,30H,11-16,19-21,23H2,1-5H3,(H,36,37,38)/t24-,30+,32-,33+/m0/s1. The minimum atomic E-state index is -3.80. The number of aromatic amines is 1. The van der Waals surface area contributed by atoms with Gasteiger partial charge in [-0.3, -0.25) is 5.10 Å². The van der Waals surface area contributed by atoms with Crippen LogP contribution in [0.5, 0.6) is 0 Å². The van der Waals surface area contributed by atoms with Crippen molar-refractivity contribution in [2.75, 3.05) is 13.4 Å². The summed E-state index contributed by atoms with van der Waals surface area (Å²) in [5.74, 6) is -0.554. The van der Waals surface area contributed by atoms with Gasteiger partial charge in [0.15, 0.2) is 0 Å². The van der Waals surface area contributed by atoms with Crippen molar-refractivity contribution in [1.82, 2.24) is 19.5 Å². The number of hydrogen-bond donors (Lipinski definition) is 1. The molecule has 2 aliphatic rings. The molecule has 2 fully saturated rings. The number of nitrogens with one attached hydrogen (secondary N) is 1. The average molecular weight is 661 g/mol. The van der Waals surface area contributed by atoms with Crippen molar-refractivity contribution in [3.63, 3.8) is 0 Å². The van der Waals surface area contributed by atoms with E-state index >= 15 is 8.78 Å². The van der Waals surface area contributed by atoms with Crippen molar-refractivity contribution >= 4 is 18.1 Å². The second-order valence-corrected chi connectivity index (χ2v) is 22.0. The predicted molar refractivity (Wildman–Crippen MR) is 173 cm³/mol. The molecule has 0 spiro atoms. The first kappa shape index (κ1) is 33.8. The molecule has 2 atom stereocenters. The maximum Gasteiger partial charge on any atom is 0.221 e. The Balaban J connectivity index is 1.35. The van der Waals surface area contributed by atoms with Gasteiger partial charge >= 0.3 is 0 Å². The summed E-state index contributed by atoms with van der Waals surface area (Å²) in [6.07, 6.45) is 4.57. The van der Waals surface area contributed by atoms with E-state index in [1.165, 1.54) is 22.8 Å². The van der Waals surface area contributed by atoms with Gasteiger partial charge in [0.1, 0.15) is 35.8 Å². The van der Waals surface area contributed by atoms with E-state index < -0.39 is 46.0 Å². The highest BCUT2D eigenvalue weighted by molar-refractivity contribution is 7.89. The van der Waals surface area contributed by atoms with Gasteiger partial charge in [-0.05, 0) is 75.3 Å². The number of aryl methyl sites for hydroxylation is 1. The number of aromatic nitrogens is 3. The van der Waals surface area contributed by atoms with Gasteiger partial charge in [0.25, 0.3) is 0 Å². The van der Waals surface area contributed by atoms with Gasteiger partial charge in [0.2, 0.25) is 10.0 Å². The third-order valence-corrected chi connectivity index (χ3v) is 13.5. The van der Waals surface area contributed by atoms with Crippen LogP contribution in [0.1, 0.15) is 73.7 Å². The van der Waals surface area contributed by atoms with Crippen LogP contribution in [0.3, 0.4) is 0 Å². The maximum atomic E-state index is 16.1. The van der Waals surface area contributed by atoms with E-state index in [4.69, 9.17) is 9.47 Å². The Morgan fingerprint density at radius 2 is 1.82 bits per heavy atom. The fourth-order valence-corrected chi connectivity index (χ4v) is 9.89. The van der Waals surface area contributed by atoms with Crippen LogP contribution in [0.25, 0.3) is 0 Å². The Morgan fingerprint density at radius 3 is 2.49 bits per heavy atom. The highest BCUT2D eigenvalue weighted by atomic mass is 32.2. The zero-order chi connectivity index (χ0) is 32.5. The molecular weight excluding hydrogens is 615 g/mol. The molecule has 45 heavy (non-hydrogen) atoms. The zero-order valence-electron chi connectivity index (χ0n) is 27.0. The van der Waals surface area contributed by atoms with Crippen molar-refractivity contribution in [3.05, 3.63) is 82.9 Å². The normalized spacial score (nSPS) is 26.9. The van der Waals surface area contributed by atoms with Gasteiger partial charge in [0, 0.05) is 44.7 Å². The molecule has 2 aromatic carbocycles. The number of hydrogen-bond acceptors (Lipinski definition) is 6. The number of ether oxygens (including phenoxy) is 2. The van der Waals surface area contributed by atoms with Crippen molar-refractivity contribution in [2.24, 2.45) is 0 Å². The Bertz CT molecular complexity index is 1540. The lowest BCUT2D eigenvalue weighted by atomic mass is 9.54. The molecule has 1 aliphatic carbocycles. The van der Waals surface area contributed by atoms with Crippen LogP contribution in [0.2, 0.25) is 25.7 Å². The van der Waals surface area contributed by atoms with Crippen molar-refractivity contribution in [2.45, 2.75) is 107 Å². The highest BCUT2D eigenvalue weighted by Crippen LogP contribution is 2.55. The molecule has 0 bridgehead atoms. The van der Waals surface area contributed by atoms with Crippen LogP contribution in [0, 0.1) is 11.6 Å². The van der Waals surface area contributed by atoms with Gasteiger partial charge in [-0.1, -0.05) is 50.0 Å². The molecule has 3 aromatic rings. The van der Waals surface area contributed by atoms with Gasteiger partial charge in [-0.15, -0.1) is 0 Å². The van der Waals surface area contributed by atoms with Crippen LogP contribution in [0.15, 0.2) is 48.8 Å². The summed E-state index contributed by atoms with van der Waals surface area (Å²) < 4.78 is 72.7. The molecule has 1 aliphatic heterocycles. The van der Waals surface area contributed by atoms with E-state index in [1.807, 2.05) is 32.0 Å². The highest BCUT2D eigenvalue weighted by Gasteiger charge is 2.55. The third-order valence-electron chi connectivity index (χ3n) is 9.43. The Kier molecular flexibility index (Phi) is 10.0. The van der Waals surface area contributed by atoms with Crippen LogP contribution in [0.4, 0.5) is 8.78 Å². The van der Waals surface area contributed by atoms with Crippen molar-refractivity contribution in [3.8, 4) is 0 Å². The first-order valence-corrected chi connectivity index (χ1v) is 21.0. The van der Waals surface area contributed by atoms with Gasteiger partial charge < -0.3 is 9.47 Å². The smallest absolute Gasteiger partial charge is 0.221 e. The summed E-state index contributed by atoms with van der Waals surface area (Å²) in [7, 11) is -5.02. The third kappa shape index (κ3) is 7.73. The summed E-state index contributed by atoms with van der Waals surface area (Å²) in [5.41, 5.74) is -0.236. The van der Waals surface area contributed by atoms with Gasteiger partial charge in [-0.25, -0.2) is 22.2 Å². The Hall–Kier alpha value is -2.51. The second-order valence-electron chi connectivity index (χ2n) is 14.3. The number of H-pyrrole nitrogens is 1. The largest absolute Gasteiger partial charge is 0.356 e. The van der Waals surface area contributed by atoms with Crippen LogP contribution < -0.4 is 0 Å². The molecule has 0 unspecified atom stereocenters. The van der Waals surface area contributed by atoms with Crippen molar-refractivity contribution in [1.29, 1.82) is 0 Å². The molecule has 1 saturated carbocycles. The molecule has 8 nitrogen and oxygen atoms in total. The van der Waals surface area contributed by atoms with E-state index in [1.54, 1.807) is 12.1 Å². The van der Waals surface area contributed by atoms with Gasteiger partial charge in [-0.2, -0.15) is 9.40 Å². The summed E-state index contributed by atoms with van der Waals surface area (Å²) in [6, 6.07) is 12.2. The molecule has 1 aromatic heterocycles. The lowest BCUT2D eigenvalue weighted by Crippen LogP contribution is -2.55. The Labute approximate surface area is 267 Å². The summed E-state index contributed by atoms with van der Waals surface area (Å²) in [5, 5.41) is 6.15. The van der Waals surface area contributed by atoms with E-state index in [9.17, 15) is 8.42 Å². The number of nitrogens with zero attached hydrogens (tertiary/aromatic N) is 3. The predicted octanol–water partition coefficient (Wildman–Crippen LogP) is 6.89. The van der Waals surface area contributed by atoms with Gasteiger partial charge in [0.05, 0.1) is 5.60 Å². The second kappa shape index (κ2) is 13.3. The minimum absolute atomic E-state index is 0.0265. The Morgan fingerprint density at radius 1 is 1.09 bits per heavy atom. The molecule has 0 amide bonds. The van der Waals surface area contributed by atoms with E-state index in [0.717, 1.165) is 6.04 Å². The van der Waals surface area contributed by atoms with E-state index in [0.29, 0.717) is 56.5 Å². The molecular formula is C33H46F2N4O4SSi. The molecule has 5 rings (SSSR count). The quantitative estimate of drug-likeness (QED) is 0.122. The minimum Gasteiger partial charge on any atom is -0.356 e. The molecule has 1 N–H and O–H groups in total. The van der Waals surface area contributed by atoms with Crippen molar-refractivity contribution < 1.29 is 26.7 Å². The lowest BCUT2D eigenvalue weighted by Gasteiger charge is -2.55. The first-order valence-electron chi connectivity index (χ1n) is 15.8.